The third kappa shape index (κ3) is 5.84. The lowest BCUT2D eigenvalue weighted by molar-refractivity contribution is -0.167. The molecule has 3 aromatic rings. The van der Waals surface area contributed by atoms with Crippen molar-refractivity contribution in [3.8, 4) is 5.69 Å². The Bertz CT molecular complexity index is 1710. The lowest BCUT2D eigenvalue weighted by Crippen LogP contribution is -2.53. The molecule has 2 unspecified atom stereocenters. The molecule has 2 aliphatic rings. The Morgan fingerprint density at radius 2 is 1.80 bits per heavy atom. The fraction of sp³-hybridized carbons (Fsp3) is 0.379. The SMILES string of the molecule is Cc1cc(N2CCOCC2C(F)(F)F)cc(F)c1C(=O)NC(Cc1ccc(-n2c(=O)c3c(n(C)c2=O)COC3)cc1)C(=O)O. The highest BCUT2D eigenvalue weighted by Gasteiger charge is 2.45. The fourth-order valence-corrected chi connectivity index (χ4v) is 5.43. The van der Waals surface area contributed by atoms with Crippen molar-refractivity contribution in [3.63, 3.8) is 0 Å². The Labute approximate surface area is 247 Å². The first kappa shape index (κ1) is 30.9. The molecule has 44 heavy (non-hydrogen) atoms. The number of carboxylic acids is 1. The highest BCUT2D eigenvalue weighted by molar-refractivity contribution is 5.98. The summed E-state index contributed by atoms with van der Waals surface area (Å²) >= 11 is 0. The van der Waals surface area contributed by atoms with Gasteiger partial charge < -0.3 is 24.8 Å². The summed E-state index contributed by atoms with van der Waals surface area (Å²) in [4.78, 5) is 51.8. The molecule has 1 amide bonds. The van der Waals surface area contributed by atoms with Crippen LogP contribution in [0.4, 0.5) is 23.2 Å². The number of hydrogen-bond donors (Lipinski definition) is 2. The Kier molecular flexibility index (Phi) is 8.36. The van der Waals surface area contributed by atoms with E-state index in [1.165, 1.54) is 48.9 Å². The van der Waals surface area contributed by atoms with Crippen LogP contribution < -0.4 is 21.5 Å². The first-order valence-corrected chi connectivity index (χ1v) is 13.5. The van der Waals surface area contributed by atoms with E-state index in [2.05, 4.69) is 5.32 Å². The van der Waals surface area contributed by atoms with E-state index < -0.39 is 59.4 Å². The zero-order chi connectivity index (χ0) is 31.9. The number of nitrogens with one attached hydrogen (secondary N) is 1. The summed E-state index contributed by atoms with van der Waals surface area (Å²) < 4.78 is 68.3. The van der Waals surface area contributed by atoms with Gasteiger partial charge in [0.25, 0.3) is 11.5 Å². The van der Waals surface area contributed by atoms with Gasteiger partial charge >= 0.3 is 17.8 Å². The number of carboxylic acid groups (broad SMARTS) is 1. The fourth-order valence-electron chi connectivity index (χ4n) is 5.43. The van der Waals surface area contributed by atoms with Gasteiger partial charge in [-0.2, -0.15) is 13.2 Å². The Morgan fingerprint density at radius 3 is 2.43 bits per heavy atom. The number of anilines is 1. The molecule has 2 N–H and O–H groups in total. The Balaban J connectivity index is 1.34. The Morgan fingerprint density at radius 1 is 1.09 bits per heavy atom. The molecule has 0 aliphatic carbocycles. The summed E-state index contributed by atoms with van der Waals surface area (Å²) in [6.45, 7) is 0.813. The summed E-state index contributed by atoms with van der Waals surface area (Å²) in [6, 6.07) is 4.47. The van der Waals surface area contributed by atoms with Crippen LogP contribution in [0.5, 0.6) is 0 Å². The molecule has 0 saturated carbocycles. The number of aryl methyl sites for hydroxylation is 1. The number of nitrogens with zero attached hydrogens (tertiary/aromatic N) is 3. The number of benzene rings is 2. The van der Waals surface area contributed by atoms with E-state index in [1.807, 2.05) is 0 Å². The van der Waals surface area contributed by atoms with Gasteiger partial charge in [-0.15, -0.1) is 0 Å². The monoisotopic (exact) mass is 620 g/mol. The van der Waals surface area contributed by atoms with Gasteiger partial charge in [0.05, 0.1) is 48.9 Å². The summed E-state index contributed by atoms with van der Waals surface area (Å²) in [5.74, 6) is -3.58. The number of fused-ring (bicyclic) bond motifs is 1. The molecule has 2 aliphatic heterocycles. The van der Waals surface area contributed by atoms with Crippen molar-refractivity contribution >= 4 is 17.6 Å². The van der Waals surface area contributed by atoms with Crippen molar-refractivity contribution in [3.05, 3.63) is 91.0 Å². The van der Waals surface area contributed by atoms with Gasteiger partial charge in [-0.05, 0) is 42.3 Å². The molecule has 1 aromatic heterocycles. The van der Waals surface area contributed by atoms with E-state index in [-0.39, 0.29) is 49.7 Å². The summed E-state index contributed by atoms with van der Waals surface area (Å²) in [7, 11) is 1.53. The number of amides is 1. The minimum Gasteiger partial charge on any atom is -0.480 e. The molecule has 0 spiro atoms. The largest absolute Gasteiger partial charge is 0.480 e. The molecule has 1 fully saturated rings. The average Bonchev–Trinajstić information content (AvgIpc) is 3.46. The third-order valence-electron chi connectivity index (χ3n) is 7.75. The van der Waals surface area contributed by atoms with Crippen LogP contribution in [0.1, 0.15) is 32.7 Å². The van der Waals surface area contributed by atoms with Crippen LogP contribution in [0, 0.1) is 12.7 Å². The van der Waals surface area contributed by atoms with Gasteiger partial charge in [0, 0.05) is 25.7 Å². The highest BCUT2D eigenvalue weighted by atomic mass is 19.4. The van der Waals surface area contributed by atoms with E-state index in [4.69, 9.17) is 9.47 Å². The molecule has 2 aromatic carbocycles. The minimum absolute atomic E-state index is 0.00637. The predicted octanol–water partition coefficient (Wildman–Crippen LogP) is 2.21. The molecule has 3 heterocycles. The molecule has 234 valence electrons. The molecule has 0 radical (unpaired) electrons. The standard InChI is InChI=1S/C29H28F4N4O7/c1-15-9-18(36-7-8-43-14-23(36)29(31,32)33)11-20(30)24(15)25(38)34-21(27(40)41)10-16-3-5-17(6-4-16)37-26(39)19-12-44-13-22(19)35(2)28(37)42/h3-6,9,11,21,23H,7-8,10,12-14H2,1-2H3,(H,34,38)(H,40,41). The average molecular weight is 621 g/mol. The summed E-state index contributed by atoms with van der Waals surface area (Å²) in [6.07, 6.45) is -4.86. The maximum Gasteiger partial charge on any atom is 0.411 e. The number of ether oxygens (including phenoxy) is 2. The van der Waals surface area contributed by atoms with Crippen molar-refractivity contribution in [2.75, 3.05) is 24.7 Å². The molecular formula is C29H28F4N4O7. The number of morpholine rings is 1. The number of rotatable bonds is 7. The zero-order valence-corrected chi connectivity index (χ0v) is 23.6. The van der Waals surface area contributed by atoms with E-state index in [9.17, 15) is 37.5 Å². The van der Waals surface area contributed by atoms with Crippen LogP contribution >= 0.6 is 0 Å². The smallest absolute Gasteiger partial charge is 0.411 e. The van der Waals surface area contributed by atoms with Crippen molar-refractivity contribution < 1.29 is 41.7 Å². The first-order valence-electron chi connectivity index (χ1n) is 13.5. The third-order valence-corrected chi connectivity index (χ3v) is 7.75. The minimum atomic E-state index is -4.63. The number of carbonyl (C=O) groups is 2. The number of hydrogen-bond acceptors (Lipinski definition) is 7. The van der Waals surface area contributed by atoms with Crippen LogP contribution in [0.25, 0.3) is 5.69 Å². The molecule has 1 saturated heterocycles. The van der Waals surface area contributed by atoms with Crippen LogP contribution in [0.15, 0.2) is 46.0 Å². The summed E-state index contributed by atoms with van der Waals surface area (Å²) in [5, 5.41) is 12.1. The maximum atomic E-state index is 15.2. The quantitative estimate of drug-likeness (QED) is 0.385. The molecule has 11 nitrogen and oxygen atoms in total. The second-order valence-electron chi connectivity index (χ2n) is 10.6. The van der Waals surface area contributed by atoms with Crippen molar-refractivity contribution in [1.82, 2.24) is 14.5 Å². The van der Waals surface area contributed by atoms with Crippen LogP contribution in [-0.2, 0) is 41.0 Å². The number of carbonyl (C=O) groups excluding carboxylic acids is 1. The second-order valence-corrected chi connectivity index (χ2v) is 10.6. The Hall–Kier alpha value is -4.50. The van der Waals surface area contributed by atoms with Gasteiger partial charge in [-0.3, -0.25) is 14.2 Å². The van der Waals surface area contributed by atoms with Crippen LogP contribution in [0.3, 0.4) is 0 Å². The zero-order valence-electron chi connectivity index (χ0n) is 23.6. The topological polar surface area (TPSA) is 132 Å². The molecule has 15 heteroatoms. The lowest BCUT2D eigenvalue weighted by atomic mass is 10.0. The van der Waals surface area contributed by atoms with Crippen molar-refractivity contribution in [1.29, 1.82) is 0 Å². The van der Waals surface area contributed by atoms with Gasteiger partial charge in [0.15, 0.2) is 0 Å². The van der Waals surface area contributed by atoms with E-state index in [0.717, 1.165) is 15.5 Å². The first-order chi connectivity index (χ1) is 20.8. The lowest BCUT2D eigenvalue weighted by Gasteiger charge is -2.38. The summed E-state index contributed by atoms with van der Waals surface area (Å²) in [5.41, 5.74) is -0.116. The molecule has 2 atom stereocenters. The van der Waals surface area contributed by atoms with Crippen LogP contribution in [-0.4, -0.2) is 64.1 Å². The van der Waals surface area contributed by atoms with E-state index in [0.29, 0.717) is 16.8 Å². The molecular weight excluding hydrogens is 592 g/mol. The van der Waals surface area contributed by atoms with Crippen molar-refractivity contribution in [2.45, 2.75) is 44.8 Å². The van der Waals surface area contributed by atoms with Gasteiger partial charge in [0.1, 0.15) is 17.9 Å². The van der Waals surface area contributed by atoms with Crippen molar-refractivity contribution in [2.24, 2.45) is 7.05 Å². The number of aromatic nitrogens is 2. The van der Waals surface area contributed by atoms with E-state index >= 15 is 4.39 Å². The van der Waals surface area contributed by atoms with E-state index in [1.54, 1.807) is 0 Å². The highest BCUT2D eigenvalue weighted by Crippen LogP contribution is 2.33. The number of aliphatic carboxylic acids is 1. The van der Waals surface area contributed by atoms with Gasteiger partial charge in [-0.1, -0.05) is 12.1 Å². The van der Waals surface area contributed by atoms with Gasteiger partial charge in [0.2, 0.25) is 0 Å². The molecule has 0 bridgehead atoms. The number of alkyl halides is 3. The second kappa shape index (κ2) is 11.9. The van der Waals surface area contributed by atoms with Gasteiger partial charge in [-0.25, -0.2) is 18.5 Å². The number of halogens is 4. The molecule has 5 rings (SSSR count). The van der Waals surface area contributed by atoms with Crippen LogP contribution in [0.2, 0.25) is 0 Å². The predicted molar refractivity (Wildman–Crippen MR) is 148 cm³/mol. The maximum absolute atomic E-state index is 15.2. The normalized spacial score (nSPS) is 17.3.